The fraction of sp³-hybridized carbons (Fsp3) is 0.929. The number of fused-ring (bicyclic) bond motifs is 2. The van der Waals surface area contributed by atoms with Gasteiger partial charge in [-0.15, -0.1) is 0 Å². The second-order valence-corrected chi connectivity index (χ2v) is 6.30. The fourth-order valence-electron chi connectivity index (χ4n) is 3.22. The lowest BCUT2D eigenvalue weighted by Crippen LogP contribution is -2.40. The summed E-state index contributed by atoms with van der Waals surface area (Å²) >= 11 is 0. The summed E-state index contributed by atoms with van der Waals surface area (Å²) in [6, 6.07) is 1.38. The Balaban J connectivity index is 1.73. The third kappa shape index (κ3) is 3.69. The first-order valence-corrected chi connectivity index (χ1v) is 7.19. The van der Waals surface area contributed by atoms with Crippen LogP contribution in [0.5, 0.6) is 0 Å². The molecule has 2 saturated heterocycles. The normalized spacial score (nSPS) is 30.8. The van der Waals surface area contributed by atoms with E-state index in [2.05, 4.69) is 10.2 Å². The molecule has 0 aromatic heterocycles. The topological polar surface area (TPSA) is 35.6 Å². The minimum Gasteiger partial charge on any atom is -0.344 e. The maximum atomic E-state index is 12.1. The molecule has 0 saturated carbocycles. The summed E-state index contributed by atoms with van der Waals surface area (Å²) in [5.74, 6) is 0.932. The zero-order valence-electron chi connectivity index (χ0n) is 12.0. The van der Waals surface area contributed by atoms with Gasteiger partial charge in [-0.25, -0.2) is 0 Å². The number of nitrogens with one attached hydrogen (secondary N) is 1. The van der Waals surface area contributed by atoms with Gasteiger partial charge in [-0.05, 0) is 45.7 Å². The molecule has 2 unspecified atom stereocenters. The molecule has 2 aliphatic rings. The molecule has 0 radical (unpaired) electrons. The van der Waals surface area contributed by atoms with E-state index in [0.29, 0.717) is 23.9 Å². The second-order valence-electron chi connectivity index (χ2n) is 6.30. The van der Waals surface area contributed by atoms with Crippen LogP contribution in [0.15, 0.2) is 0 Å². The van der Waals surface area contributed by atoms with Crippen molar-refractivity contribution in [1.29, 1.82) is 0 Å². The van der Waals surface area contributed by atoms with E-state index in [1.54, 1.807) is 0 Å². The van der Waals surface area contributed by atoms with Crippen LogP contribution >= 0.6 is 0 Å². The van der Waals surface area contributed by atoms with E-state index in [1.807, 2.05) is 26.0 Å². The van der Waals surface area contributed by atoms with E-state index in [4.69, 9.17) is 0 Å². The Hall–Kier alpha value is -0.610. The minimum atomic E-state index is 0.322. The van der Waals surface area contributed by atoms with Crippen LogP contribution in [0.4, 0.5) is 0 Å². The Morgan fingerprint density at radius 2 is 1.72 bits per heavy atom. The van der Waals surface area contributed by atoms with Gasteiger partial charge >= 0.3 is 0 Å². The van der Waals surface area contributed by atoms with Gasteiger partial charge in [0.25, 0.3) is 0 Å². The Labute approximate surface area is 111 Å². The van der Waals surface area contributed by atoms with Crippen molar-refractivity contribution in [3.63, 3.8) is 0 Å². The van der Waals surface area contributed by atoms with Gasteiger partial charge in [0.15, 0.2) is 0 Å². The molecule has 0 aliphatic carbocycles. The highest BCUT2D eigenvalue weighted by atomic mass is 16.2. The van der Waals surface area contributed by atoms with Crippen molar-refractivity contribution in [2.75, 3.05) is 34.2 Å². The molecule has 0 aromatic rings. The summed E-state index contributed by atoms with van der Waals surface area (Å²) in [6.45, 7) is 1.78. The number of amides is 1. The Bertz CT molecular complexity index is 281. The molecule has 1 N–H and O–H groups in total. The van der Waals surface area contributed by atoms with Crippen LogP contribution in [0.1, 0.15) is 32.1 Å². The van der Waals surface area contributed by atoms with E-state index < -0.39 is 0 Å². The van der Waals surface area contributed by atoms with E-state index in [9.17, 15) is 4.79 Å². The molecular formula is C14H27N3O. The van der Waals surface area contributed by atoms with Crippen LogP contribution in [0.25, 0.3) is 0 Å². The zero-order chi connectivity index (χ0) is 13.1. The molecular weight excluding hydrogens is 226 g/mol. The molecule has 104 valence electrons. The van der Waals surface area contributed by atoms with Crippen molar-refractivity contribution < 1.29 is 4.79 Å². The summed E-state index contributed by atoms with van der Waals surface area (Å²) in [4.78, 5) is 16.2. The van der Waals surface area contributed by atoms with E-state index in [1.165, 1.54) is 25.7 Å². The van der Waals surface area contributed by atoms with Crippen molar-refractivity contribution in [3.05, 3.63) is 0 Å². The lowest BCUT2D eigenvalue weighted by Gasteiger charge is -2.30. The van der Waals surface area contributed by atoms with Crippen LogP contribution in [-0.2, 0) is 4.79 Å². The fourth-order valence-corrected chi connectivity index (χ4v) is 3.22. The van der Waals surface area contributed by atoms with E-state index in [0.717, 1.165) is 19.5 Å². The largest absolute Gasteiger partial charge is 0.344 e. The number of hydrogen-bond acceptors (Lipinski definition) is 3. The summed E-state index contributed by atoms with van der Waals surface area (Å²) in [7, 11) is 6.02. The first-order valence-electron chi connectivity index (χ1n) is 7.19. The van der Waals surface area contributed by atoms with Crippen LogP contribution < -0.4 is 5.32 Å². The van der Waals surface area contributed by atoms with Gasteiger partial charge in [0.05, 0.1) is 0 Å². The molecule has 2 atom stereocenters. The summed E-state index contributed by atoms with van der Waals surface area (Å²) in [5, 5.41) is 3.63. The molecule has 2 aliphatic heterocycles. The molecule has 1 amide bonds. The summed E-state index contributed by atoms with van der Waals surface area (Å²) in [6.07, 6.45) is 5.77. The first-order chi connectivity index (χ1) is 8.54. The van der Waals surface area contributed by atoms with Crippen LogP contribution in [0.2, 0.25) is 0 Å². The Morgan fingerprint density at radius 1 is 1.11 bits per heavy atom. The SMILES string of the molecule is CN(C)CCN(C)C(=O)CC1CC2CCC(C1)N2. The number of nitrogens with zero attached hydrogens (tertiary/aromatic N) is 2. The van der Waals surface area contributed by atoms with Gasteiger partial charge in [0.1, 0.15) is 0 Å². The van der Waals surface area contributed by atoms with E-state index >= 15 is 0 Å². The van der Waals surface area contributed by atoms with Gasteiger partial charge < -0.3 is 15.1 Å². The maximum Gasteiger partial charge on any atom is 0.222 e. The van der Waals surface area contributed by atoms with Crippen LogP contribution in [0, 0.1) is 5.92 Å². The van der Waals surface area contributed by atoms with Crippen molar-refractivity contribution in [3.8, 4) is 0 Å². The van der Waals surface area contributed by atoms with Crippen LogP contribution in [-0.4, -0.2) is 62.0 Å². The average molecular weight is 253 g/mol. The second kappa shape index (κ2) is 6.02. The molecule has 4 nitrogen and oxygen atoms in total. The summed E-state index contributed by atoms with van der Waals surface area (Å²) < 4.78 is 0. The number of likely N-dealkylation sites (N-methyl/N-ethyl adjacent to an activating group) is 2. The zero-order valence-corrected chi connectivity index (χ0v) is 12.0. The lowest BCUT2D eigenvalue weighted by atomic mass is 9.89. The number of hydrogen-bond donors (Lipinski definition) is 1. The third-order valence-corrected chi connectivity index (χ3v) is 4.34. The predicted octanol–water partition coefficient (Wildman–Crippen LogP) is 0.927. The number of carbonyl (C=O) groups is 1. The summed E-state index contributed by atoms with van der Waals surface area (Å²) in [5.41, 5.74) is 0. The van der Waals surface area contributed by atoms with Gasteiger partial charge in [-0.1, -0.05) is 0 Å². The number of carbonyl (C=O) groups excluding carboxylic acids is 1. The molecule has 4 heteroatoms. The van der Waals surface area contributed by atoms with Crippen molar-refractivity contribution in [1.82, 2.24) is 15.1 Å². The van der Waals surface area contributed by atoms with Gasteiger partial charge in [0, 0.05) is 38.6 Å². The lowest BCUT2D eigenvalue weighted by molar-refractivity contribution is -0.131. The Kier molecular flexibility index (Phi) is 4.62. The monoisotopic (exact) mass is 253 g/mol. The highest BCUT2D eigenvalue weighted by Gasteiger charge is 2.34. The minimum absolute atomic E-state index is 0.322. The highest BCUT2D eigenvalue weighted by Crippen LogP contribution is 2.32. The van der Waals surface area contributed by atoms with Crippen molar-refractivity contribution >= 4 is 5.91 Å². The van der Waals surface area contributed by atoms with Crippen LogP contribution in [0.3, 0.4) is 0 Å². The molecule has 2 rings (SSSR count). The molecule has 2 heterocycles. The third-order valence-electron chi connectivity index (χ3n) is 4.34. The molecule has 2 bridgehead atoms. The van der Waals surface area contributed by atoms with Gasteiger partial charge in [-0.2, -0.15) is 0 Å². The van der Waals surface area contributed by atoms with Crippen molar-refractivity contribution in [2.24, 2.45) is 5.92 Å². The van der Waals surface area contributed by atoms with Gasteiger partial charge in [0.2, 0.25) is 5.91 Å². The predicted molar refractivity (Wildman–Crippen MR) is 73.5 cm³/mol. The average Bonchev–Trinajstić information content (AvgIpc) is 2.65. The highest BCUT2D eigenvalue weighted by molar-refractivity contribution is 5.76. The molecule has 0 aromatic carbocycles. The standard InChI is InChI=1S/C14H27N3O/c1-16(2)6-7-17(3)14(18)10-11-8-12-4-5-13(9-11)15-12/h11-13,15H,4-10H2,1-3H3. The maximum absolute atomic E-state index is 12.1. The molecule has 0 spiro atoms. The number of piperidine rings is 1. The van der Waals surface area contributed by atoms with E-state index in [-0.39, 0.29) is 0 Å². The smallest absolute Gasteiger partial charge is 0.222 e. The Morgan fingerprint density at radius 3 is 2.28 bits per heavy atom. The quantitative estimate of drug-likeness (QED) is 0.791. The van der Waals surface area contributed by atoms with Crippen molar-refractivity contribution in [2.45, 2.75) is 44.2 Å². The number of rotatable bonds is 5. The first kappa shape index (κ1) is 13.8. The van der Waals surface area contributed by atoms with Gasteiger partial charge in [-0.3, -0.25) is 4.79 Å². The molecule has 2 fully saturated rings. The molecule has 18 heavy (non-hydrogen) atoms.